The maximum absolute atomic E-state index is 11.2. The summed E-state index contributed by atoms with van der Waals surface area (Å²) in [5.41, 5.74) is 2.13. The Balaban J connectivity index is 1.95. The van der Waals surface area contributed by atoms with E-state index < -0.39 is 10.0 Å². The Labute approximate surface area is 127 Å². The van der Waals surface area contributed by atoms with E-state index in [1.165, 1.54) is 0 Å². The van der Waals surface area contributed by atoms with Gasteiger partial charge >= 0.3 is 0 Å². The largest absolute Gasteiger partial charge is 0.456 e. The Morgan fingerprint density at radius 3 is 2.43 bits per heavy atom. The van der Waals surface area contributed by atoms with Crippen molar-refractivity contribution < 1.29 is 12.8 Å². The first kappa shape index (κ1) is 14.0. The fourth-order valence-corrected chi connectivity index (χ4v) is 2.82. The maximum atomic E-state index is 11.2. The van der Waals surface area contributed by atoms with E-state index in [1.54, 1.807) is 30.3 Å². The normalized spacial score (nSPS) is 11.7. The van der Waals surface area contributed by atoms with Crippen LogP contribution in [0.3, 0.4) is 0 Å². The van der Waals surface area contributed by atoms with Crippen LogP contribution in [0.15, 0.2) is 52.9 Å². The third-order valence-electron chi connectivity index (χ3n) is 2.95. The first-order valence-corrected chi connectivity index (χ1v) is 8.45. The topological polar surface area (TPSA) is 59.3 Å². The first-order valence-electron chi connectivity index (χ1n) is 6.18. The summed E-state index contributed by atoms with van der Waals surface area (Å²) >= 11 is 5.95. The quantitative estimate of drug-likeness (QED) is 0.789. The van der Waals surface area contributed by atoms with Gasteiger partial charge in [0.25, 0.3) is 0 Å². The van der Waals surface area contributed by atoms with E-state index >= 15 is 0 Å². The molecule has 0 bridgehead atoms. The van der Waals surface area contributed by atoms with Gasteiger partial charge in [-0.05, 0) is 48.5 Å². The van der Waals surface area contributed by atoms with Crippen molar-refractivity contribution >= 4 is 38.3 Å². The lowest BCUT2D eigenvalue weighted by Gasteiger charge is -2.04. The van der Waals surface area contributed by atoms with Gasteiger partial charge in [0.1, 0.15) is 11.3 Å². The van der Waals surface area contributed by atoms with E-state index in [0.717, 1.165) is 22.8 Å². The van der Waals surface area contributed by atoms with Crippen molar-refractivity contribution in [2.75, 3.05) is 11.0 Å². The number of rotatable bonds is 3. The van der Waals surface area contributed by atoms with Crippen molar-refractivity contribution in [3.05, 3.63) is 53.6 Å². The molecule has 6 heteroatoms. The van der Waals surface area contributed by atoms with E-state index in [0.29, 0.717) is 16.5 Å². The maximum Gasteiger partial charge on any atom is 0.229 e. The van der Waals surface area contributed by atoms with Crippen LogP contribution >= 0.6 is 11.6 Å². The lowest BCUT2D eigenvalue weighted by molar-refractivity contribution is 0.607. The molecule has 0 unspecified atom stereocenters. The molecule has 1 N–H and O–H groups in total. The van der Waals surface area contributed by atoms with E-state index in [1.807, 2.05) is 18.2 Å². The molecule has 0 spiro atoms. The summed E-state index contributed by atoms with van der Waals surface area (Å²) in [6.45, 7) is 0. The molecule has 0 amide bonds. The molecule has 2 aromatic carbocycles. The first-order chi connectivity index (χ1) is 9.90. The van der Waals surface area contributed by atoms with Gasteiger partial charge in [0, 0.05) is 21.7 Å². The Kier molecular flexibility index (Phi) is 3.39. The summed E-state index contributed by atoms with van der Waals surface area (Å²) in [5.74, 6) is 0.707. The molecular weight excluding hydrogens is 310 g/mol. The molecule has 3 aromatic rings. The van der Waals surface area contributed by atoms with Crippen LogP contribution < -0.4 is 4.72 Å². The molecule has 0 radical (unpaired) electrons. The molecular formula is C15H12ClNO3S. The minimum Gasteiger partial charge on any atom is -0.456 e. The number of halogens is 1. The van der Waals surface area contributed by atoms with Crippen molar-refractivity contribution in [1.29, 1.82) is 0 Å². The van der Waals surface area contributed by atoms with Crippen LogP contribution in [-0.2, 0) is 10.0 Å². The zero-order valence-corrected chi connectivity index (χ0v) is 12.7. The lowest BCUT2D eigenvalue weighted by Crippen LogP contribution is -2.09. The number of fused-ring (bicyclic) bond motifs is 1. The highest BCUT2D eigenvalue weighted by Gasteiger charge is 2.07. The number of sulfonamides is 1. The monoisotopic (exact) mass is 321 g/mol. The summed E-state index contributed by atoms with van der Waals surface area (Å²) < 4.78 is 30.5. The molecule has 21 heavy (non-hydrogen) atoms. The van der Waals surface area contributed by atoms with Gasteiger partial charge in [-0.1, -0.05) is 11.6 Å². The molecule has 0 aliphatic rings. The Morgan fingerprint density at radius 1 is 1.05 bits per heavy atom. The van der Waals surface area contributed by atoms with E-state index in [4.69, 9.17) is 16.0 Å². The van der Waals surface area contributed by atoms with Crippen LogP contribution in [0.5, 0.6) is 0 Å². The molecule has 1 aromatic heterocycles. The van der Waals surface area contributed by atoms with E-state index in [9.17, 15) is 8.42 Å². The van der Waals surface area contributed by atoms with E-state index in [2.05, 4.69) is 4.72 Å². The highest BCUT2D eigenvalue weighted by atomic mass is 35.5. The molecule has 0 aliphatic heterocycles. The summed E-state index contributed by atoms with van der Waals surface area (Å²) in [6, 6.07) is 14.3. The molecule has 3 rings (SSSR count). The van der Waals surface area contributed by atoms with Crippen molar-refractivity contribution in [3.63, 3.8) is 0 Å². The summed E-state index contributed by atoms with van der Waals surface area (Å²) in [4.78, 5) is 0. The molecule has 0 saturated heterocycles. The fourth-order valence-electron chi connectivity index (χ4n) is 2.07. The summed E-state index contributed by atoms with van der Waals surface area (Å²) in [5, 5.41) is 1.58. The molecule has 0 fully saturated rings. The summed E-state index contributed by atoms with van der Waals surface area (Å²) in [7, 11) is -3.27. The zero-order valence-electron chi connectivity index (χ0n) is 11.1. The van der Waals surface area contributed by atoms with Crippen molar-refractivity contribution in [3.8, 4) is 11.3 Å². The van der Waals surface area contributed by atoms with Gasteiger partial charge in [0.15, 0.2) is 0 Å². The molecule has 0 saturated carbocycles. The average Bonchev–Trinajstić information content (AvgIpc) is 2.80. The SMILES string of the molecule is CS(=O)(=O)Nc1ccc(-c2cc3cc(Cl)ccc3o2)cc1. The Morgan fingerprint density at radius 2 is 1.76 bits per heavy atom. The molecule has 0 aliphatic carbocycles. The van der Waals surface area contributed by atoms with Crippen molar-refractivity contribution in [1.82, 2.24) is 0 Å². The number of nitrogens with one attached hydrogen (secondary N) is 1. The van der Waals surface area contributed by atoms with Gasteiger partial charge in [-0.25, -0.2) is 8.42 Å². The highest BCUT2D eigenvalue weighted by Crippen LogP contribution is 2.30. The Hall–Kier alpha value is -1.98. The van der Waals surface area contributed by atoms with E-state index in [-0.39, 0.29) is 0 Å². The number of hydrogen-bond acceptors (Lipinski definition) is 3. The van der Waals surface area contributed by atoms with Gasteiger partial charge < -0.3 is 4.42 Å². The molecule has 108 valence electrons. The van der Waals surface area contributed by atoms with Crippen molar-refractivity contribution in [2.24, 2.45) is 0 Å². The number of benzene rings is 2. The van der Waals surface area contributed by atoms with Crippen LogP contribution in [0, 0.1) is 0 Å². The molecule has 1 heterocycles. The average molecular weight is 322 g/mol. The summed E-state index contributed by atoms with van der Waals surface area (Å²) in [6.07, 6.45) is 1.11. The van der Waals surface area contributed by atoms with Gasteiger partial charge in [0.05, 0.1) is 6.26 Å². The van der Waals surface area contributed by atoms with Crippen LogP contribution in [0.25, 0.3) is 22.3 Å². The second-order valence-corrected chi connectivity index (χ2v) is 6.93. The van der Waals surface area contributed by atoms with Gasteiger partial charge in [-0.3, -0.25) is 4.72 Å². The van der Waals surface area contributed by atoms with Crippen LogP contribution in [0.1, 0.15) is 0 Å². The highest BCUT2D eigenvalue weighted by molar-refractivity contribution is 7.92. The third kappa shape index (κ3) is 3.20. The van der Waals surface area contributed by atoms with Gasteiger partial charge in [-0.2, -0.15) is 0 Å². The standard InChI is InChI=1S/C15H12ClNO3S/c1-21(18,19)17-13-5-2-10(3-6-13)15-9-11-8-12(16)4-7-14(11)20-15/h2-9,17H,1H3. The second-order valence-electron chi connectivity index (χ2n) is 4.74. The fraction of sp³-hybridized carbons (Fsp3) is 0.0667. The van der Waals surface area contributed by atoms with Crippen molar-refractivity contribution in [2.45, 2.75) is 0 Å². The third-order valence-corrected chi connectivity index (χ3v) is 3.79. The minimum atomic E-state index is -3.27. The predicted octanol–water partition coefficient (Wildman–Crippen LogP) is 4.12. The molecule has 4 nitrogen and oxygen atoms in total. The zero-order chi connectivity index (χ0) is 15.0. The van der Waals surface area contributed by atoms with Crippen LogP contribution in [-0.4, -0.2) is 14.7 Å². The lowest BCUT2D eigenvalue weighted by atomic mass is 10.1. The van der Waals surface area contributed by atoms with Crippen LogP contribution in [0.2, 0.25) is 5.02 Å². The second kappa shape index (κ2) is 5.09. The number of anilines is 1. The minimum absolute atomic E-state index is 0.514. The van der Waals surface area contributed by atoms with Gasteiger partial charge in [-0.15, -0.1) is 0 Å². The Bertz CT molecular complexity index is 898. The molecule has 0 atom stereocenters. The smallest absolute Gasteiger partial charge is 0.229 e. The predicted molar refractivity (Wildman–Crippen MR) is 85.1 cm³/mol. The van der Waals surface area contributed by atoms with Crippen LogP contribution in [0.4, 0.5) is 5.69 Å². The number of hydrogen-bond donors (Lipinski definition) is 1. The van der Waals surface area contributed by atoms with Gasteiger partial charge in [0.2, 0.25) is 10.0 Å². The number of furan rings is 1.